The molecule has 0 atom stereocenters. The first kappa shape index (κ1) is 9.64. The second-order valence-electron chi connectivity index (χ2n) is 2.64. The second kappa shape index (κ2) is 3.51. The maximum atomic E-state index is 12.9. The van der Waals surface area contributed by atoms with Gasteiger partial charge in [-0.3, -0.25) is 4.79 Å². The molecule has 0 saturated carbocycles. The van der Waals surface area contributed by atoms with Crippen molar-refractivity contribution < 1.29 is 13.6 Å². The largest absolute Gasteiger partial charge is 0.355 e. The Bertz CT molecular complexity index is 326. The molecule has 0 bridgehead atoms. The van der Waals surface area contributed by atoms with Crippen molar-refractivity contribution in [2.45, 2.75) is 6.92 Å². The summed E-state index contributed by atoms with van der Waals surface area (Å²) in [7, 11) is 1.40. The van der Waals surface area contributed by atoms with Crippen molar-refractivity contribution in [1.29, 1.82) is 0 Å². The molecule has 1 rings (SSSR count). The lowest BCUT2D eigenvalue weighted by molar-refractivity contribution is 0.0962. The molecule has 0 aliphatic heterocycles. The van der Waals surface area contributed by atoms with Gasteiger partial charge in [-0.05, 0) is 19.1 Å². The zero-order valence-electron chi connectivity index (χ0n) is 7.32. The van der Waals surface area contributed by atoms with E-state index in [2.05, 4.69) is 5.32 Å². The van der Waals surface area contributed by atoms with Crippen LogP contribution in [-0.4, -0.2) is 13.0 Å². The van der Waals surface area contributed by atoms with Crippen LogP contribution in [-0.2, 0) is 0 Å². The number of hydrogen-bond acceptors (Lipinski definition) is 1. The first-order chi connectivity index (χ1) is 6.06. The predicted octanol–water partition coefficient (Wildman–Crippen LogP) is 1.63. The quantitative estimate of drug-likeness (QED) is 0.707. The molecule has 4 heteroatoms. The Balaban J connectivity index is 3.20. The zero-order chi connectivity index (χ0) is 10.0. The molecule has 0 aliphatic carbocycles. The van der Waals surface area contributed by atoms with Gasteiger partial charge in [-0.25, -0.2) is 8.78 Å². The van der Waals surface area contributed by atoms with Crippen LogP contribution in [0, 0.1) is 18.6 Å². The molecule has 1 amide bonds. The Kier molecular flexibility index (Phi) is 2.60. The molecule has 0 unspecified atom stereocenters. The average Bonchev–Trinajstić information content (AvgIpc) is 2.12. The minimum atomic E-state index is -0.710. The van der Waals surface area contributed by atoms with E-state index in [9.17, 15) is 13.6 Å². The van der Waals surface area contributed by atoms with E-state index in [1.807, 2.05) is 0 Å². The molecule has 0 aliphatic rings. The van der Waals surface area contributed by atoms with Gasteiger partial charge in [-0.15, -0.1) is 0 Å². The number of halogens is 2. The third-order valence-electron chi connectivity index (χ3n) is 1.77. The molecule has 0 saturated heterocycles. The molecular formula is C9H9F2NO. The minimum Gasteiger partial charge on any atom is -0.355 e. The van der Waals surface area contributed by atoms with E-state index in [4.69, 9.17) is 0 Å². The van der Waals surface area contributed by atoms with Gasteiger partial charge in [-0.1, -0.05) is 0 Å². The highest BCUT2D eigenvalue weighted by atomic mass is 19.1. The van der Waals surface area contributed by atoms with Crippen molar-refractivity contribution >= 4 is 5.91 Å². The molecule has 0 spiro atoms. The van der Waals surface area contributed by atoms with Crippen molar-refractivity contribution in [3.05, 3.63) is 34.9 Å². The molecule has 0 radical (unpaired) electrons. The van der Waals surface area contributed by atoms with Crippen LogP contribution in [0.3, 0.4) is 0 Å². The van der Waals surface area contributed by atoms with E-state index < -0.39 is 17.5 Å². The number of rotatable bonds is 1. The van der Waals surface area contributed by atoms with E-state index in [1.54, 1.807) is 0 Å². The van der Waals surface area contributed by atoms with Crippen LogP contribution >= 0.6 is 0 Å². The Morgan fingerprint density at radius 3 is 2.15 bits per heavy atom. The third kappa shape index (κ3) is 1.83. The Morgan fingerprint density at radius 1 is 1.31 bits per heavy atom. The molecule has 13 heavy (non-hydrogen) atoms. The van der Waals surface area contributed by atoms with Crippen molar-refractivity contribution in [1.82, 2.24) is 5.32 Å². The van der Waals surface area contributed by atoms with Gasteiger partial charge in [0.2, 0.25) is 0 Å². The number of carbonyl (C=O) groups is 1. The van der Waals surface area contributed by atoms with Crippen LogP contribution < -0.4 is 5.32 Å². The van der Waals surface area contributed by atoms with Crippen LogP contribution in [0.25, 0.3) is 0 Å². The van der Waals surface area contributed by atoms with Crippen molar-refractivity contribution in [2.75, 3.05) is 7.05 Å². The SMILES string of the molecule is CNC(=O)c1cc(F)c(C)c(F)c1. The summed E-state index contributed by atoms with van der Waals surface area (Å²) in [5.41, 5.74) is -0.0873. The molecule has 0 heterocycles. The summed E-state index contributed by atoms with van der Waals surface area (Å²) in [5, 5.41) is 2.28. The minimum absolute atomic E-state index is 0.0110. The average molecular weight is 185 g/mol. The normalized spacial score (nSPS) is 9.85. The highest BCUT2D eigenvalue weighted by molar-refractivity contribution is 5.94. The lowest BCUT2D eigenvalue weighted by Crippen LogP contribution is -2.18. The summed E-state index contributed by atoms with van der Waals surface area (Å²) in [6.07, 6.45) is 0. The summed E-state index contributed by atoms with van der Waals surface area (Å²) in [5.74, 6) is -1.92. The number of hydrogen-bond donors (Lipinski definition) is 1. The molecule has 1 N–H and O–H groups in total. The molecule has 2 nitrogen and oxygen atoms in total. The summed E-state index contributed by atoms with van der Waals surface area (Å²) in [6.45, 7) is 1.32. The highest BCUT2D eigenvalue weighted by Gasteiger charge is 2.10. The fourth-order valence-electron chi connectivity index (χ4n) is 0.921. The van der Waals surface area contributed by atoms with Gasteiger partial charge in [0.25, 0.3) is 5.91 Å². The topological polar surface area (TPSA) is 29.1 Å². The van der Waals surface area contributed by atoms with Gasteiger partial charge >= 0.3 is 0 Å². The summed E-state index contributed by atoms with van der Waals surface area (Å²) in [4.78, 5) is 11.0. The van der Waals surface area contributed by atoms with E-state index in [1.165, 1.54) is 14.0 Å². The third-order valence-corrected chi connectivity index (χ3v) is 1.77. The van der Waals surface area contributed by atoms with Crippen molar-refractivity contribution in [2.24, 2.45) is 0 Å². The van der Waals surface area contributed by atoms with E-state index in [-0.39, 0.29) is 11.1 Å². The van der Waals surface area contributed by atoms with E-state index >= 15 is 0 Å². The van der Waals surface area contributed by atoms with Crippen LogP contribution in [0.4, 0.5) is 8.78 Å². The fourth-order valence-corrected chi connectivity index (χ4v) is 0.921. The molecule has 1 aromatic rings. The van der Waals surface area contributed by atoms with E-state index in [0.29, 0.717) is 0 Å². The first-order valence-electron chi connectivity index (χ1n) is 3.74. The predicted molar refractivity (Wildman–Crippen MR) is 44.5 cm³/mol. The van der Waals surface area contributed by atoms with Crippen LogP contribution in [0.1, 0.15) is 15.9 Å². The van der Waals surface area contributed by atoms with Crippen LogP contribution in [0.15, 0.2) is 12.1 Å². The van der Waals surface area contributed by atoms with Crippen molar-refractivity contribution in [3.8, 4) is 0 Å². The van der Waals surface area contributed by atoms with Gasteiger partial charge in [0.15, 0.2) is 0 Å². The lowest BCUT2D eigenvalue weighted by Gasteiger charge is -2.02. The molecule has 0 aromatic heterocycles. The smallest absolute Gasteiger partial charge is 0.251 e. The number of benzene rings is 1. The number of carbonyl (C=O) groups excluding carboxylic acids is 1. The molecule has 70 valence electrons. The fraction of sp³-hybridized carbons (Fsp3) is 0.222. The molecular weight excluding hydrogens is 176 g/mol. The van der Waals surface area contributed by atoms with Gasteiger partial charge < -0.3 is 5.32 Å². The number of nitrogens with one attached hydrogen (secondary N) is 1. The van der Waals surface area contributed by atoms with Gasteiger partial charge in [-0.2, -0.15) is 0 Å². The molecule has 0 fully saturated rings. The zero-order valence-corrected chi connectivity index (χ0v) is 7.32. The van der Waals surface area contributed by atoms with Gasteiger partial charge in [0.05, 0.1) is 0 Å². The second-order valence-corrected chi connectivity index (χ2v) is 2.64. The van der Waals surface area contributed by atoms with E-state index in [0.717, 1.165) is 12.1 Å². The maximum Gasteiger partial charge on any atom is 0.251 e. The standard InChI is InChI=1S/C9H9F2NO/c1-5-7(10)3-6(4-8(5)11)9(13)12-2/h3-4H,1-2H3,(H,12,13). The first-order valence-corrected chi connectivity index (χ1v) is 3.74. The summed E-state index contributed by atoms with van der Waals surface area (Å²) >= 11 is 0. The summed E-state index contributed by atoms with van der Waals surface area (Å²) < 4.78 is 25.8. The maximum absolute atomic E-state index is 12.9. The van der Waals surface area contributed by atoms with Gasteiger partial charge in [0.1, 0.15) is 11.6 Å². The Morgan fingerprint density at radius 2 is 1.77 bits per heavy atom. The summed E-state index contributed by atoms with van der Waals surface area (Å²) in [6, 6.07) is 2.02. The monoisotopic (exact) mass is 185 g/mol. The van der Waals surface area contributed by atoms with Crippen molar-refractivity contribution in [3.63, 3.8) is 0 Å². The number of amides is 1. The van der Waals surface area contributed by atoms with Crippen LogP contribution in [0.2, 0.25) is 0 Å². The van der Waals surface area contributed by atoms with Crippen LogP contribution in [0.5, 0.6) is 0 Å². The Labute approximate surface area is 74.6 Å². The molecule has 1 aromatic carbocycles. The Hall–Kier alpha value is -1.45. The lowest BCUT2D eigenvalue weighted by atomic mass is 10.1. The highest BCUT2D eigenvalue weighted by Crippen LogP contribution is 2.13. The van der Waals surface area contributed by atoms with Gasteiger partial charge in [0, 0.05) is 18.2 Å².